The van der Waals surface area contributed by atoms with E-state index in [1.807, 2.05) is 13.8 Å². The summed E-state index contributed by atoms with van der Waals surface area (Å²) in [7, 11) is 0. The van der Waals surface area contributed by atoms with E-state index in [0.29, 0.717) is 13.2 Å². The molecule has 1 aliphatic rings. The van der Waals surface area contributed by atoms with Crippen LogP contribution in [-0.4, -0.2) is 24.4 Å². The van der Waals surface area contributed by atoms with Crippen molar-refractivity contribution >= 4 is 0 Å². The summed E-state index contributed by atoms with van der Waals surface area (Å²) in [6.45, 7) is 8.98. The third-order valence-electron chi connectivity index (χ3n) is 2.19. The second kappa shape index (κ2) is 2.95. The molecule has 64 valence electrons. The van der Waals surface area contributed by atoms with Gasteiger partial charge in [-0.2, -0.15) is 0 Å². The first-order valence-corrected chi connectivity index (χ1v) is 3.95. The molecule has 1 fully saturated rings. The van der Waals surface area contributed by atoms with Crippen LogP contribution < -0.4 is 0 Å². The molecule has 0 saturated carbocycles. The van der Waals surface area contributed by atoms with E-state index >= 15 is 0 Å². The lowest BCUT2D eigenvalue weighted by atomic mass is 9.82. The van der Waals surface area contributed by atoms with E-state index in [9.17, 15) is 5.11 Å². The monoisotopic (exact) mass is 156 g/mol. The van der Waals surface area contributed by atoms with Gasteiger partial charge in [0.25, 0.3) is 0 Å². The van der Waals surface area contributed by atoms with Crippen molar-refractivity contribution in [3.8, 4) is 0 Å². The van der Waals surface area contributed by atoms with Crippen molar-refractivity contribution in [1.29, 1.82) is 0 Å². The minimum atomic E-state index is -0.359. The fourth-order valence-electron chi connectivity index (χ4n) is 1.35. The second-order valence-corrected chi connectivity index (χ2v) is 3.95. The summed E-state index contributed by atoms with van der Waals surface area (Å²) in [6, 6.07) is 0. The molecule has 0 radical (unpaired) electrons. The maximum absolute atomic E-state index is 9.57. The zero-order valence-corrected chi connectivity index (χ0v) is 7.26. The zero-order chi connectivity index (χ0) is 8.48. The molecular formula is C9H16O2. The fraction of sp³-hybridized carbons (Fsp3) is 0.778. The summed E-state index contributed by atoms with van der Waals surface area (Å²) in [5.41, 5.74) is 1.000. The highest BCUT2D eigenvalue weighted by Crippen LogP contribution is 2.31. The van der Waals surface area contributed by atoms with Gasteiger partial charge in [0.15, 0.2) is 0 Å². The van der Waals surface area contributed by atoms with Gasteiger partial charge in [-0.05, 0) is 11.8 Å². The molecule has 1 rings (SSSR count). The second-order valence-electron chi connectivity index (χ2n) is 3.95. The lowest BCUT2D eigenvalue weighted by Crippen LogP contribution is -2.31. The van der Waals surface area contributed by atoms with E-state index in [-0.39, 0.29) is 11.5 Å². The highest BCUT2D eigenvalue weighted by atomic mass is 16.5. The molecule has 0 bridgehead atoms. The molecular weight excluding hydrogens is 140 g/mol. The van der Waals surface area contributed by atoms with E-state index in [1.165, 1.54) is 0 Å². The first kappa shape index (κ1) is 8.75. The summed E-state index contributed by atoms with van der Waals surface area (Å²) >= 11 is 0. The predicted molar refractivity (Wildman–Crippen MR) is 44.4 cm³/mol. The summed E-state index contributed by atoms with van der Waals surface area (Å²) in [6.07, 6.45) is 0.496. The maximum atomic E-state index is 9.57. The Labute approximate surface area is 67.9 Å². The van der Waals surface area contributed by atoms with Gasteiger partial charge >= 0.3 is 0 Å². The highest BCUT2D eigenvalue weighted by Gasteiger charge is 2.30. The molecule has 0 aromatic heterocycles. The van der Waals surface area contributed by atoms with Gasteiger partial charge in [0.2, 0.25) is 0 Å². The molecule has 2 heteroatoms. The Morgan fingerprint density at radius 1 is 1.64 bits per heavy atom. The summed E-state index contributed by atoms with van der Waals surface area (Å²) in [4.78, 5) is 0. The number of hydrogen-bond acceptors (Lipinski definition) is 2. The number of rotatable bonds is 0. The van der Waals surface area contributed by atoms with E-state index < -0.39 is 0 Å². The van der Waals surface area contributed by atoms with Gasteiger partial charge in [0.05, 0.1) is 19.3 Å². The molecule has 1 saturated heterocycles. The molecule has 11 heavy (non-hydrogen) atoms. The summed E-state index contributed by atoms with van der Waals surface area (Å²) in [5, 5.41) is 9.57. The molecule has 1 atom stereocenters. The van der Waals surface area contributed by atoms with Crippen molar-refractivity contribution in [1.82, 2.24) is 0 Å². The SMILES string of the molecule is C=C1COCC(O)C(C)(C)C1. The molecule has 0 aromatic rings. The molecule has 0 aromatic carbocycles. The van der Waals surface area contributed by atoms with Gasteiger partial charge in [0, 0.05) is 0 Å². The average molecular weight is 156 g/mol. The van der Waals surface area contributed by atoms with Crippen LogP contribution in [-0.2, 0) is 4.74 Å². The fourth-order valence-corrected chi connectivity index (χ4v) is 1.35. The predicted octanol–water partition coefficient (Wildman–Crippen LogP) is 1.35. The van der Waals surface area contributed by atoms with Crippen molar-refractivity contribution in [3.05, 3.63) is 12.2 Å². The number of ether oxygens (including phenoxy) is 1. The van der Waals surface area contributed by atoms with Crippen LogP contribution in [0.3, 0.4) is 0 Å². The Hall–Kier alpha value is -0.340. The van der Waals surface area contributed by atoms with E-state index in [2.05, 4.69) is 6.58 Å². The van der Waals surface area contributed by atoms with Crippen LogP contribution in [0.1, 0.15) is 20.3 Å². The third-order valence-corrected chi connectivity index (χ3v) is 2.19. The Balaban J connectivity index is 2.68. The van der Waals surface area contributed by atoms with Gasteiger partial charge in [0.1, 0.15) is 0 Å². The average Bonchev–Trinajstić information content (AvgIpc) is 1.93. The molecule has 2 nitrogen and oxygen atoms in total. The minimum absolute atomic E-state index is 0.0758. The first-order valence-electron chi connectivity index (χ1n) is 3.95. The van der Waals surface area contributed by atoms with Crippen LogP contribution in [0.2, 0.25) is 0 Å². The van der Waals surface area contributed by atoms with Crippen LogP contribution in [0.5, 0.6) is 0 Å². The van der Waals surface area contributed by atoms with Crippen LogP contribution in [0, 0.1) is 5.41 Å². The van der Waals surface area contributed by atoms with E-state index in [1.54, 1.807) is 0 Å². The van der Waals surface area contributed by atoms with Crippen molar-refractivity contribution in [2.24, 2.45) is 5.41 Å². The molecule has 0 amide bonds. The van der Waals surface area contributed by atoms with Gasteiger partial charge in [-0.25, -0.2) is 0 Å². The molecule has 0 spiro atoms. The Kier molecular flexibility index (Phi) is 2.35. The Morgan fingerprint density at radius 3 is 2.91 bits per heavy atom. The molecule has 1 heterocycles. The first-order chi connectivity index (χ1) is 5.02. The summed E-state index contributed by atoms with van der Waals surface area (Å²) < 4.78 is 5.21. The lowest BCUT2D eigenvalue weighted by Gasteiger charge is -2.27. The Morgan fingerprint density at radius 2 is 2.27 bits per heavy atom. The molecule has 0 aliphatic carbocycles. The largest absolute Gasteiger partial charge is 0.390 e. The molecule has 1 aliphatic heterocycles. The third kappa shape index (κ3) is 2.04. The van der Waals surface area contributed by atoms with E-state index in [0.717, 1.165) is 12.0 Å². The number of hydrogen-bond donors (Lipinski definition) is 1. The molecule has 1 N–H and O–H groups in total. The maximum Gasteiger partial charge on any atom is 0.0827 e. The van der Waals surface area contributed by atoms with Gasteiger partial charge < -0.3 is 9.84 Å². The lowest BCUT2D eigenvalue weighted by molar-refractivity contribution is -0.00408. The van der Waals surface area contributed by atoms with Crippen molar-refractivity contribution in [2.45, 2.75) is 26.4 Å². The van der Waals surface area contributed by atoms with Gasteiger partial charge in [-0.1, -0.05) is 26.0 Å². The van der Waals surface area contributed by atoms with Crippen LogP contribution in [0.4, 0.5) is 0 Å². The topological polar surface area (TPSA) is 29.5 Å². The normalized spacial score (nSPS) is 31.5. The summed E-state index contributed by atoms with van der Waals surface area (Å²) in [5.74, 6) is 0. The van der Waals surface area contributed by atoms with Crippen molar-refractivity contribution in [2.75, 3.05) is 13.2 Å². The zero-order valence-electron chi connectivity index (χ0n) is 7.26. The van der Waals surface area contributed by atoms with Gasteiger partial charge in [-0.15, -0.1) is 0 Å². The molecule has 1 unspecified atom stereocenters. The van der Waals surface area contributed by atoms with Gasteiger partial charge in [-0.3, -0.25) is 0 Å². The number of aliphatic hydroxyl groups is 1. The standard InChI is InChI=1S/C9H16O2/c1-7-4-9(2,3)8(10)6-11-5-7/h8,10H,1,4-6H2,2-3H3. The van der Waals surface area contributed by atoms with Crippen molar-refractivity contribution < 1.29 is 9.84 Å². The smallest absolute Gasteiger partial charge is 0.0827 e. The van der Waals surface area contributed by atoms with E-state index in [4.69, 9.17) is 4.74 Å². The highest BCUT2D eigenvalue weighted by molar-refractivity contribution is 5.02. The minimum Gasteiger partial charge on any atom is -0.390 e. The van der Waals surface area contributed by atoms with Crippen LogP contribution in [0.25, 0.3) is 0 Å². The number of aliphatic hydroxyl groups excluding tert-OH is 1. The Bertz CT molecular complexity index is 161. The quantitative estimate of drug-likeness (QED) is 0.536. The van der Waals surface area contributed by atoms with Crippen LogP contribution in [0.15, 0.2) is 12.2 Å². The van der Waals surface area contributed by atoms with Crippen molar-refractivity contribution in [3.63, 3.8) is 0 Å². The van der Waals surface area contributed by atoms with Crippen LogP contribution >= 0.6 is 0 Å².